The van der Waals surface area contributed by atoms with Crippen molar-refractivity contribution in [3.63, 3.8) is 0 Å². The van der Waals surface area contributed by atoms with E-state index < -0.39 is 11.4 Å². The lowest BCUT2D eigenvalue weighted by Gasteiger charge is -2.03. The van der Waals surface area contributed by atoms with Gasteiger partial charge in [0.15, 0.2) is 0 Å². The van der Waals surface area contributed by atoms with Gasteiger partial charge >= 0.3 is 5.97 Å². The van der Waals surface area contributed by atoms with Gasteiger partial charge in [-0.05, 0) is 19.3 Å². The zero-order valence-corrected chi connectivity index (χ0v) is 6.05. The summed E-state index contributed by atoms with van der Waals surface area (Å²) in [5, 5.41) is 8.62. The van der Waals surface area contributed by atoms with Gasteiger partial charge in [0.1, 0.15) is 11.2 Å². The molecule has 2 unspecified atom stereocenters. The molecule has 1 saturated carbocycles. The van der Waals surface area contributed by atoms with Gasteiger partial charge in [0.05, 0.1) is 0 Å². The molecule has 0 aromatic carbocycles. The number of carboxylic acid groups (broad SMARTS) is 1. The molecule has 3 nitrogen and oxygen atoms in total. The molecule has 3 heteroatoms. The van der Waals surface area contributed by atoms with Crippen LogP contribution in [0.2, 0.25) is 0 Å². The Kier molecular flexibility index (Phi) is 1.31. The maximum Gasteiger partial charge on any atom is 0.317 e. The molecular formula is C7H10O3. The van der Waals surface area contributed by atoms with Crippen molar-refractivity contribution in [1.29, 1.82) is 0 Å². The van der Waals surface area contributed by atoms with Gasteiger partial charge in [-0.15, -0.1) is 0 Å². The van der Waals surface area contributed by atoms with Crippen molar-refractivity contribution in [2.75, 3.05) is 0 Å². The summed E-state index contributed by atoms with van der Waals surface area (Å²) >= 11 is 0. The molecule has 0 bridgehead atoms. The molecule has 1 N–H and O–H groups in total. The number of carboxylic acids is 1. The van der Waals surface area contributed by atoms with Crippen LogP contribution in [0.5, 0.6) is 0 Å². The number of hydrogen-bond donors (Lipinski definition) is 1. The zero-order chi connectivity index (χ0) is 7.94. The fraction of sp³-hybridized carbons (Fsp3) is 0.714. The number of carbonyl (C=O) groups is 2. The van der Waals surface area contributed by atoms with Gasteiger partial charge in [0.2, 0.25) is 0 Å². The number of hydrogen-bond acceptors (Lipinski definition) is 2. The molecule has 2 atom stereocenters. The van der Waals surface area contributed by atoms with Gasteiger partial charge in [-0.25, -0.2) is 0 Å². The molecule has 0 aromatic heterocycles. The lowest BCUT2D eigenvalue weighted by atomic mass is 10.0. The number of rotatable bonds is 2. The van der Waals surface area contributed by atoms with Gasteiger partial charge in [-0.1, -0.05) is 6.92 Å². The molecule has 0 saturated heterocycles. The molecule has 1 aliphatic carbocycles. The predicted octanol–water partition coefficient (Wildman–Crippen LogP) is 0.686. The van der Waals surface area contributed by atoms with Gasteiger partial charge < -0.3 is 5.11 Å². The molecule has 0 amide bonds. The van der Waals surface area contributed by atoms with Crippen LogP contribution in [0.4, 0.5) is 0 Å². The minimum Gasteiger partial charge on any atom is -0.480 e. The second kappa shape index (κ2) is 1.81. The minimum absolute atomic E-state index is 0.0301. The molecule has 0 radical (unpaired) electrons. The van der Waals surface area contributed by atoms with Gasteiger partial charge in [0.25, 0.3) is 0 Å². The third kappa shape index (κ3) is 0.664. The largest absolute Gasteiger partial charge is 0.480 e. The molecule has 1 fully saturated rings. The van der Waals surface area contributed by atoms with Crippen LogP contribution in [-0.2, 0) is 9.59 Å². The second-order valence-electron chi connectivity index (χ2n) is 2.94. The molecule has 56 valence electrons. The van der Waals surface area contributed by atoms with E-state index in [1.165, 1.54) is 6.92 Å². The van der Waals surface area contributed by atoms with Crippen LogP contribution in [0.1, 0.15) is 20.3 Å². The number of Topliss-reactive ketones (excluding diaryl/α,β-unsaturated/α-hetero) is 1. The molecule has 0 aliphatic heterocycles. The lowest BCUT2D eigenvalue weighted by molar-refractivity contribution is -0.148. The highest BCUT2D eigenvalue weighted by atomic mass is 16.4. The Hall–Kier alpha value is -0.860. The zero-order valence-electron chi connectivity index (χ0n) is 6.05. The van der Waals surface area contributed by atoms with Crippen molar-refractivity contribution < 1.29 is 14.7 Å². The maximum atomic E-state index is 10.8. The highest BCUT2D eigenvalue weighted by molar-refractivity contribution is 6.05. The SMILES string of the molecule is CC(=O)C1(C(=O)O)CC1C. The van der Waals surface area contributed by atoms with Crippen molar-refractivity contribution in [2.45, 2.75) is 20.3 Å². The fourth-order valence-electron chi connectivity index (χ4n) is 1.36. The summed E-state index contributed by atoms with van der Waals surface area (Å²) < 4.78 is 0. The normalized spacial score (nSPS) is 37.2. The second-order valence-corrected chi connectivity index (χ2v) is 2.94. The van der Waals surface area contributed by atoms with E-state index in [0.717, 1.165) is 0 Å². The van der Waals surface area contributed by atoms with E-state index in [9.17, 15) is 9.59 Å². The number of carbonyl (C=O) groups excluding carboxylic acids is 1. The maximum absolute atomic E-state index is 10.8. The molecular weight excluding hydrogens is 132 g/mol. The van der Waals surface area contributed by atoms with E-state index in [0.29, 0.717) is 6.42 Å². The van der Waals surface area contributed by atoms with Crippen molar-refractivity contribution in [1.82, 2.24) is 0 Å². The van der Waals surface area contributed by atoms with Crippen molar-refractivity contribution in [2.24, 2.45) is 11.3 Å². The summed E-state index contributed by atoms with van der Waals surface area (Å²) in [5.74, 6) is -1.15. The monoisotopic (exact) mass is 142 g/mol. The fourth-order valence-corrected chi connectivity index (χ4v) is 1.36. The van der Waals surface area contributed by atoms with Crippen LogP contribution in [0.15, 0.2) is 0 Å². The first-order chi connectivity index (χ1) is 4.51. The van der Waals surface area contributed by atoms with E-state index in [2.05, 4.69) is 0 Å². The minimum atomic E-state index is -1.01. The van der Waals surface area contributed by atoms with E-state index in [1.807, 2.05) is 0 Å². The van der Waals surface area contributed by atoms with Crippen LogP contribution in [0.25, 0.3) is 0 Å². The third-order valence-electron chi connectivity index (χ3n) is 2.32. The van der Waals surface area contributed by atoms with E-state index >= 15 is 0 Å². The topological polar surface area (TPSA) is 54.4 Å². The first-order valence-electron chi connectivity index (χ1n) is 3.26. The summed E-state index contributed by atoms with van der Waals surface area (Å²) in [6.45, 7) is 3.13. The van der Waals surface area contributed by atoms with Crippen LogP contribution in [-0.4, -0.2) is 16.9 Å². The Morgan fingerprint density at radius 2 is 2.00 bits per heavy atom. The quantitative estimate of drug-likeness (QED) is 0.577. The van der Waals surface area contributed by atoms with Crippen molar-refractivity contribution in [3.05, 3.63) is 0 Å². The lowest BCUT2D eigenvalue weighted by Crippen LogP contribution is -2.24. The highest BCUT2D eigenvalue weighted by Crippen LogP contribution is 2.52. The molecule has 0 aromatic rings. The van der Waals surface area contributed by atoms with E-state index in [-0.39, 0.29) is 11.7 Å². The predicted molar refractivity (Wildman–Crippen MR) is 34.5 cm³/mol. The average Bonchev–Trinajstić information content (AvgIpc) is 2.42. The van der Waals surface area contributed by atoms with Crippen LogP contribution in [0, 0.1) is 11.3 Å². The van der Waals surface area contributed by atoms with E-state index in [1.54, 1.807) is 6.92 Å². The smallest absolute Gasteiger partial charge is 0.317 e. The molecule has 1 aliphatic rings. The number of ketones is 1. The average molecular weight is 142 g/mol. The summed E-state index contributed by atoms with van der Waals surface area (Å²) in [6, 6.07) is 0. The van der Waals surface area contributed by atoms with Gasteiger partial charge in [-0.2, -0.15) is 0 Å². The third-order valence-corrected chi connectivity index (χ3v) is 2.32. The Morgan fingerprint density at radius 1 is 1.60 bits per heavy atom. The number of aliphatic carboxylic acids is 1. The molecule has 1 rings (SSSR count). The standard InChI is InChI=1S/C7H10O3/c1-4-3-7(4,5(2)8)6(9)10/h4H,3H2,1-2H3,(H,9,10). The summed E-state index contributed by atoms with van der Waals surface area (Å²) in [6.07, 6.45) is 0.512. The highest BCUT2D eigenvalue weighted by Gasteiger charge is 2.61. The summed E-state index contributed by atoms with van der Waals surface area (Å²) in [7, 11) is 0. The summed E-state index contributed by atoms with van der Waals surface area (Å²) in [5.41, 5.74) is -1.01. The molecule has 0 heterocycles. The van der Waals surface area contributed by atoms with E-state index in [4.69, 9.17) is 5.11 Å². The van der Waals surface area contributed by atoms with Crippen LogP contribution in [0.3, 0.4) is 0 Å². The summed E-state index contributed by atoms with van der Waals surface area (Å²) in [4.78, 5) is 21.3. The Labute approximate surface area is 59.0 Å². The molecule has 10 heavy (non-hydrogen) atoms. The van der Waals surface area contributed by atoms with Gasteiger partial charge in [-0.3, -0.25) is 9.59 Å². The first kappa shape index (κ1) is 7.25. The Balaban J connectivity index is 2.83. The van der Waals surface area contributed by atoms with Crippen LogP contribution >= 0.6 is 0 Å². The van der Waals surface area contributed by atoms with Gasteiger partial charge in [0, 0.05) is 0 Å². The Morgan fingerprint density at radius 3 is 2.00 bits per heavy atom. The van der Waals surface area contributed by atoms with Crippen LogP contribution < -0.4 is 0 Å². The molecule has 0 spiro atoms. The first-order valence-corrected chi connectivity index (χ1v) is 3.26. The van der Waals surface area contributed by atoms with Crippen molar-refractivity contribution in [3.8, 4) is 0 Å². The Bertz CT molecular complexity index is 181. The van der Waals surface area contributed by atoms with Crippen molar-refractivity contribution >= 4 is 11.8 Å².